The summed E-state index contributed by atoms with van der Waals surface area (Å²) >= 11 is 6.65. The number of ether oxygens (including phenoxy) is 1. The first kappa shape index (κ1) is 22.8. The van der Waals surface area contributed by atoms with Crippen LogP contribution in [0.1, 0.15) is 0 Å². The summed E-state index contributed by atoms with van der Waals surface area (Å²) in [6.45, 7) is 2.76. The highest BCUT2D eigenvalue weighted by atomic mass is 32.2. The van der Waals surface area contributed by atoms with Crippen LogP contribution in [0.25, 0.3) is 0 Å². The molecule has 1 aliphatic rings. The lowest BCUT2D eigenvalue weighted by Gasteiger charge is -2.28. The molecule has 0 unspecified atom stereocenters. The number of hydrogen-bond acceptors (Lipinski definition) is 8. The molecule has 4 N–H and O–H groups in total. The van der Waals surface area contributed by atoms with Crippen molar-refractivity contribution in [1.29, 1.82) is 0 Å². The smallest absolute Gasteiger partial charge is 0.261 e. The van der Waals surface area contributed by atoms with Gasteiger partial charge >= 0.3 is 0 Å². The minimum Gasteiger partial charge on any atom is -0.378 e. The van der Waals surface area contributed by atoms with Crippen molar-refractivity contribution in [3.8, 4) is 0 Å². The maximum absolute atomic E-state index is 12.6. The molecule has 0 saturated carbocycles. The fourth-order valence-corrected chi connectivity index (χ4v) is 5.14. The first-order chi connectivity index (χ1) is 14.1. The number of morpholine rings is 1. The number of benzene rings is 2. The van der Waals surface area contributed by atoms with Gasteiger partial charge in [0.05, 0.1) is 28.7 Å². The molecule has 0 atom stereocenters. The highest BCUT2D eigenvalue weighted by molar-refractivity contribution is 8.23. The summed E-state index contributed by atoms with van der Waals surface area (Å²) in [5.41, 5.74) is 0.779. The van der Waals surface area contributed by atoms with Gasteiger partial charge in [0.1, 0.15) is 0 Å². The summed E-state index contributed by atoms with van der Waals surface area (Å²) in [6.07, 6.45) is 0. The van der Waals surface area contributed by atoms with Gasteiger partial charge in [-0.1, -0.05) is 18.3 Å². The molecule has 1 fully saturated rings. The van der Waals surface area contributed by atoms with E-state index in [4.69, 9.17) is 22.1 Å². The molecule has 0 aliphatic carbocycles. The van der Waals surface area contributed by atoms with Crippen LogP contribution in [-0.4, -0.2) is 52.4 Å². The average Bonchev–Trinajstić information content (AvgIpc) is 2.72. The Balaban J connectivity index is 1.64. The monoisotopic (exact) mass is 488 g/mol. The molecular formula is C17H20N4O5S4. The highest BCUT2D eigenvalue weighted by Gasteiger charge is 2.17. The Kier molecular flexibility index (Phi) is 7.21. The van der Waals surface area contributed by atoms with E-state index in [1.54, 1.807) is 12.1 Å². The topological polar surface area (TPSA) is 131 Å². The van der Waals surface area contributed by atoms with Crippen molar-refractivity contribution < 1.29 is 21.6 Å². The van der Waals surface area contributed by atoms with Crippen molar-refractivity contribution in [3.05, 3.63) is 48.5 Å². The van der Waals surface area contributed by atoms with E-state index in [1.807, 2.05) is 4.90 Å². The molecule has 30 heavy (non-hydrogen) atoms. The summed E-state index contributed by atoms with van der Waals surface area (Å²) in [6, 6.07) is 11.4. The molecule has 162 valence electrons. The number of nitrogens with two attached hydrogens (primary N) is 1. The van der Waals surface area contributed by atoms with Crippen LogP contribution < -0.4 is 14.6 Å². The molecule has 2 aromatic carbocycles. The molecule has 0 amide bonds. The number of hydrogen-bond donors (Lipinski definition) is 3. The lowest BCUT2D eigenvalue weighted by Crippen LogP contribution is -2.38. The zero-order valence-electron chi connectivity index (χ0n) is 15.6. The quantitative estimate of drug-likeness (QED) is 0.411. The van der Waals surface area contributed by atoms with Gasteiger partial charge in [-0.25, -0.2) is 22.0 Å². The highest BCUT2D eigenvalue weighted by Crippen LogP contribution is 2.22. The maximum atomic E-state index is 12.6. The van der Waals surface area contributed by atoms with Gasteiger partial charge in [-0.15, -0.1) is 0 Å². The van der Waals surface area contributed by atoms with Gasteiger partial charge in [0.2, 0.25) is 10.0 Å². The Bertz CT molecular complexity index is 1120. The third kappa shape index (κ3) is 6.06. The number of rotatable bonds is 6. The van der Waals surface area contributed by atoms with E-state index in [0.29, 0.717) is 23.2 Å². The summed E-state index contributed by atoms with van der Waals surface area (Å²) in [5.74, 6) is 0. The summed E-state index contributed by atoms with van der Waals surface area (Å²) in [7, 11) is -7.85. The van der Waals surface area contributed by atoms with Crippen LogP contribution in [0.3, 0.4) is 0 Å². The number of nitrogens with zero attached hydrogens (tertiary/aromatic N) is 1. The Labute approximate surface area is 185 Å². The summed E-state index contributed by atoms with van der Waals surface area (Å²) < 4.78 is 59.5. The molecule has 3 rings (SSSR count). The van der Waals surface area contributed by atoms with Gasteiger partial charge in [-0.2, -0.15) is 0 Å². The lowest BCUT2D eigenvalue weighted by atomic mass is 10.3. The molecule has 1 heterocycles. The second-order valence-electron chi connectivity index (χ2n) is 6.27. The zero-order valence-corrected chi connectivity index (χ0v) is 18.9. The molecule has 1 aliphatic heterocycles. The van der Waals surface area contributed by atoms with E-state index in [1.165, 1.54) is 42.3 Å². The van der Waals surface area contributed by atoms with Crippen LogP contribution in [0, 0.1) is 0 Å². The van der Waals surface area contributed by atoms with Crippen molar-refractivity contribution in [2.24, 2.45) is 5.14 Å². The number of thiocarbonyl (C=S) groups is 1. The van der Waals surface area contributed by atoms with E-state index in [0.717, 1.165) is 19.2 Å². The van der Waals surface area contributed by atoms with Crippen molar-refractivity contribution in [3.63, 3.8) is 0 Å². The van der Waals surface area contributed by atoms with Crippen LogP contribution in [0.4, 0.5) is 11.4 Å². The largest absolute Gasteiger partial charge is 0.378 e. The van der Waals surface area contributed by atoms with E-state index in [-0.39, 0.29) is 15.5 Å². The van der Waals surface area contributed by atoms with Crippen molar-refractivity contribution >= 4 is 59.9 Å². The van der Waals surface area contributed by atoms with E-state index >= 15 is 0 Å². The Morgan fingerprint density at radius 3 is 2.30 bits per heavy atom. The van der Waals surface area contributed by atoms with Gasteiger partial charge in [-0.05, 0) is 42.5 Å². The summed E-state index contributed by atoms with van der Waals surface area (Å²) in [5, 5.41) is 5.08. The van der Waals surface area contributed by atoms with Crippen molar-refractivity contribution in [1.82, 2.24) is 4.90 Å². The zero-order chi connectivity index (χ0) is 21.8. The minimum absolute atomic E-state index is 0.0230. The first-order valence-corrected chi connectivity index (χ1v) is 13.0. The number of primary sulfonamides is 1. The fraction of sp³-hybridized carbons (Fsp3) is 0.235. The molecule has 0 radical (unpaired) electrons. The first-order valence-electron chi connectivity index (χ1n) is 8.70. The van der Waals surface area contributed by atoms with Crippen LogP contribution in [-0.2, 0) is 24.8 Å². The molecule has 0 aromatic heterocycles. The molecule has 0 bridgehead atoms. The Morgan fingerprint density at radius 2 is 1.67 bits per heavy atom. The lowest BCUT2D eigenvalue weighted by molar-refractivity contribution is 0.0702. The molecule has 13 heteroatoms. The summed E-state index contributed by atoms with van der Waals surface area (Å²) in [4.78, 5) is 1.87. The van der Waals surface area contributed by atoms with Gasteiger partial charge in [-0.3, -0.25) is 4.72 Å². The minimum atomic E-state index is -3.94. The van der Waals surface area contributed by atoms with Crippen LogP contribution >= 0.6 is 24.2 Å². The molecule has 2 aromatic rings. The number of nitrogens with one attached hydrogen (secondary N) is 2. The van der Waals surface area contributed by atoms with Crippen LogP contribution in [0.2, 0.25) is 0 Å². The average molecular weight is 489 g/mol. The SMILES string of the molecule is NS(=O)(=O)c1cccc(NS(=O)(=O)c2ccc(NSC(=S)N3CCOCC3)cc2)c1. The molecule has 9 nitrogen and oxygen atoms in total. The van der Waals surface area contributed by atoms with Crippen molar-refractivity contribution in [2.45, 2.75) is 9.79 Å². The predicted octanol–water partition coefficient (Wildman–Crippen LogP) is 1.81. The normalized spacial score (nSPS) is 14.9. The van der Waals surface area contributed by atoms with Gasteiger partial charge in [0, 0.05) is 30.7 Å². The third-order valence-electron chi connectivity index (χ3n) is 4.10. The van der Waals surface area contributed by atoms with Gasteiger partial charge in [0.15, 0.2) is 4.32 Å². The number of anilines is 2. The van der Waals surface area contributed by atoms with E-state index in [2.05, 4.69) is 9.44 Å². The van der Waals surface area contributed by atoms with Crippen LogP contribution in [0.15, 0.2) is 58.3 Å². The standard InChI is InChI=1S/C17H20N4O5S4/c18-29(22,23)16-3-1-2-14(12-16)20-30(24,25)15-6-4-13(5-7-15)19-28-17(27)21-8-10-26-11-9-21/h1-7,12,19-20H,8-11H2,(H2,18,22,23). The van der Waals surface area contributed by atoms with Crippen molar-refractivity contribution in [2.75, 3.05) is 35.7 Å². The second-order valence-corrected chi connectivity index (χ2v) is 11.0. The van der Waals surface area contributed by atoms with Gasteiger partial charge < -0.3 is 14.4 Å². The molecular weight excluding hydrogens is 468 g/mol. The third-order valence-corrected chi connectivity index (χ3v) is 7.69. The maximum Gasteiger partial charge on any atom is 0.261 e. The number of sulfonamides is 2. The Morgan fingerprint density at radius 1 is 1.00 bits per heavy atom. The van der Waals surface area contributed by atoms with Gasteiger partial charge in [0.25, 0.3) is 10.0 Å². The van der Waals surface area contributed by atoms with Crippen LogP contribution in [0.5, 0.6) is 0 Å². The van der Waals surface area contributed by atoms with E-state index < -0.39 is 20.0 Å². The molecule has 0 spiro atoms. The Hall–Kier alpha value is -1.90. The fourth-order valence-electron chi connectivity index (χ4n) is 2.57. The predicted molar refractivity (Wildman–Crippen MR) is 121 cm³/mol. The van der Waals surface area contributed by atoms with E-state index in [9.17, 15) is 16.8 Å². The molecule has 1 saturated heterocycles. The second kappa shape index (κ2) is 9.49.